The zero-order valence-electron chi connectivity index (χ0n) is 12.6. The van der Waals surface area contributed by atoms with E-state index < -0.39 is 0 Å². The third kappa shape index (κ3) is 4.49. The zero-order valence-corrected chi connectivity index (χ0v) is 13.4. The van der Waals surface area contributed by atoms with Gasteiger partial charge in [-0.15, -0.1) is 11.8 Å². The lowest BCUT2D eigenvalue weighted by Gasteiger charge is -2.15. The smallest absolute Gasteiger partial charge is 0.252 e. The fourth-order valence-electron chi connectivity index (χ4n) is 2.38. The van der Waals surface area contributed by atoms with E-state index >= 15 is 0 Å². The maximum atomic E-state index is 12.4. The minimum atomic E-state index is -0.0256. The largest absolute Gasteiger partial charge is 0.349 e. The predicted octanol–water partition coefficient (Wildman–Crippen LogP) is 2.54. The highest BCUT2D eigenvalue weighted by atomic mass is 32.2. The second kappa shape index (κ2) is 7.50. The van der Waals surface area contributed by atoms with Crippen LogP contribution in [0.2, 0.25) is 0 Å². The summed E-state index contributed by atoms with van der Waals surface area (Å²) in [5, 5.41) is 3.10. The van der Waals surface area contributed by atoms with Crippen LogP contribution in [-0.4, -0.2) is 42.6 Å². The summed E-state index contributed by atoms with van der Waals surface area (Å²) in [5.74, 6) is 0.370. The highest BCUT2D eigenvalue weighted by molar-refractivity contribution is 8.00. The van der Waals surface area contributed by atoms with Gasteiger partial charge in [-0.2, -0.15) is 0 Å². The first-order chi connectivity index (χ1) is 10.1. The molecule has 1 saturated carbocycles. The molecular formula is C16H22N2O2S. The monoisotopic (exact) mass is 306 g/mol. The van der Waals surface area contributed by atoms with Gasteiger partial charge in [-0.3, -0.25) is 9.59 Å². The van der Waals surface area contributed by atoms with Gasteiger partial charge in [0.05, 0.1) is 11.3 Å². The molecule has 5 heteroatoms. The number of nitrogens with zero attached hydrogens (tertiary/aromatic N) is 1. The number of hydrogen-bond donors (Lipinski definition) is 1. The summed E-state index contributed by atoms with van der Waals surface area (Å²) < 4.78 is 0. The number of carbonyl (C=O) groups excluding carboxylic acids is 2. The van der Waals surface area contributed by atoms with E-state index in [9.17, 15) is 9.59 Å². The SMILES string of the molecule is CN(C)C(=O)CSc1ccccc1C(=O)NC1CCCC1. The Balaban J connectivity index is 2.01. The standard InChI is InChI=1S/C16H22N2O2S/c1-18(2)15(19)11-21-14-10-6-5-9-13(14)16(20)17-12-7-3-4-8-12/h5-6,9-10,12H,3-4,7-8,11H2,1-2H3,(H,17,20). The number of thioether (sulfide) groups is 1. The van der Waals surface area contributed by atoms with Crippen LogP contribution in [0.1, 0.15) is 36.0 Å². The topological polar surface area (TPSA) is 49.4 Å². The summed E-state index contributed by atoms with van der Waals surface area (Å²) in [6, 6.07) is 7.79. The minimum Gasteiger partial charge on any atom is -0.349 e. The van der Waals surface area contributed by atoms with Gasteiger partial charge < -0.3 is 10.2 Å². The van der Waals surface area contributed by atoms with Crippen molar-refractivity contribution in [3.8, 4) is 0 Å². The van der Waals surface area contributed by atoms with Crippen molar-refractivity contribution in [1.82, 2.24) is 10.2 Å². The van der Waals surface area contributed by atoms with Gasteiger partial charge in [0.2, 0.25) is 5.91 Å². The normalized spacial score (nSPS) is 15.0. The number of nitrogens with one attached hydrogen (secondary N) is 1. The summed E-state index contributed by atoms with van der Waals surface area (Å²) in [4.78, 5) is 26.5. The molecule has 0 aliphatic heterocycles. The summed E-state index contributed by atoms with van der Waals surface area (Å²) in [6.45, 7) is 0. The van der Waals surface area contributed by atoms with Crippen LogP contribution >= 0.6 is 11.8 Å². The third-order valence-corrected chi connectivity index (χ3v) is 4.73. The van der Waals surface area contributed by atoms with Gasteiger partial charge in [0.1, 0.15) is 0 Å². The van der Waals surface area contributed by atoms with Gasteiger partial charge in [0, 0.05) is 25.0 Å². The fourth-order valence-corrected chi connectivity index (χ4v) is 3.41. The van der Waals surface area contributed by atoms with Crippen LogP contribution < -0.4 is 5.32 Å². The summed E-state index contributed by atoms with van der Waals surface area (Å²) in [7, 11) is 3.48. The van der Waals surface area contributed by atoms with Crippen LogP contribution in [0.5, 0.6) is 0 Å². The van der Waals surface area contributed by atoms with Gasteiger partial charge in [-0.25, -0.2) is 0 Å². The van der Waals surface area contributed by atoms with Crippen molar-refractivity contribution in [2.24, 2.45) is 0 Å². The molecule has 1 aliphatic rings. The summed E-state index contributed by atoms with van der Waals surface area (Å²) in [6.07, 6.45) is 4.53. The molecule has 114 valence electrons. The van der Waals surface area contributed by atoms with Gasteiger partial charge in [0.25, 0.3) is 5.91 Å². The molecule has 1 aromatic carbocycles. The Bertz CT molecular complexity index is 511. The van der Waals surface area contributed by atoms with E-state index in [1.165, 1.54) is 24.6 Å². The van der Waals surface area contributed by atoms with Gasteiger partial charge in [-0.05, 0) is 25.0 Å². The number of hydrogen-bond acceptors (Lipinski definition) is 3. The average molecular weight is 306 g/mol. The maximum absolute atomic E-state index is 12.4. The quantitative estimate of drug-likeness (QED) is 0.851. The summed E-state index contributed by atoms with van der Waals surface area (Å²) >= 11 is 1.42. The molecule has 0 saturated heterocycles. The van der Waals surface area contributed by atoms with E-state index in [-0.39, 0.29) is 11.8 Å². The van der Waals surface area contributed by atoms with Crippen LogP contribution in [0.3, 0.4) is 0 Å². The van der Waals surface area contributed by atoms with E-state index in [2.05, 4.69) is 5.32 Å². The van der Waals surface area contributed by atoms with Crippen molar-refractivity contribution in [2.45, 2.75) is 36.6 Å². The fraction of sp³-hybridized carbons (Fsp3) is 0.500. The summed E-state index contributed by atoms with van der Waals surface area (Å²) in [5.41, 5.74) is 0.668. The van der Waals surface area contributed by atoms with Gasteiger partial charge in [0.15, 0.2) is 0 Å². The molecule has 0 bridgehead atoms. The molecule has 0 radical (unpaired) electrons. The van der Waals surface area contributed by atoms with Crippen LogP contribution in [0.15, 0.2) is 29.2 Å². The predicted molar refractivity (Wildman–Crippen MR) is 85.6 cm³/mol. The van der Waals surface area contributed by atoms with E-state index in [0.717, 1.165) is 17.7 Å². The molecule has 0 atom stereocenters. The Morgan fingerprint density at radius 2 is 1.90 bits per heavy atom. The Labute approximate surface area is 130 Å². The van der Waals surface area contributed by atoms with E-state index in [4.69, 9.17) is 0 Å². The Hall–Kier alpha value is -1.49. The average Bonchev–Trinajstić information content (AvgIpc) is 2.97. The lowest BCUT2D eigenvalue weighted by atomic mass is 10.2. The molecular weight excluding hydrogens is 284 g/mol. The third-order valence-electron chi connectivity index (χ3n) is 3.67. The lowest BCUT2D eigenvalue weighted by Crippen LogP contribution is -2.33. The molecule has 1 aliphatic carbocycles. The Kier molecular flexibility index (Phi) is 5.67. The molecule has 1 fully saturated rings. The Morgan fingerprint density at radius 3 is 2.57 bits per heavy atom. The number of amides is 2. The highest BCUT2D eigenvalue weighted by Crippen LogP contribution is 2.24. The van der Waals surface area contributed by atoms with Crippen molar-refractivity contribution in [1.29, 1.82) is 0 Å². The molecule has 0 aromatic heterocycles. The molecule has 2 amide bonds. The van der Waals surface area contributed by atoms with Crippen LogP contribution in [0.4, 0.5) is 0 Å². The molecule has 1 aromatic rings. The molecule has 0 heterocycles. The number of carbonyl (C=O) groups is 2. The number of rotatable bonds is 5. The lowest BCUT2D eigenvalue weighted by molar-refractivity contribution is -0.125. The van der Waals surface area contributed by atoms with Gasteiger partial charge >= 0.3 is 0 Å². The molecule has 1 N–H and O–H groups in total. The first-order valence-electron chi connectivity index (χ1n) is 7.31. The Morgan fingerprint density at radius 1 is 1.24 bits per heavy atom. The van der Waals surface area contributed by atoms with Crippen molar-refractivity contribution in [3.05, 3.63) is 29.8 Å². The molecule has 21 heavy (non-hydrogen) atoms. The van der Waals surface area contributed by atoms with E-state index in [1.54, 1.807) is 19.0 Å². The van der Waals surface area contributed by atoms with Crippen molar-refractivity contribution in [2.75, 3.05) is 19.8 Å². The first-order valence-corrected chi connectivity index (χ1v) is 8.29. The minimum absolute atomic E-state index is 0.0256. The van der Waals surface area contributed by atoms with Crippen LogP contribution in [0.25, 0.3) is 0 Å². The zero-order chi connectivity index (χ0) is 15.2. The number of benzene rings is 1. The van der Waals surface area contributed by atoms with Crippen molar-refractivity contribution < 1.29 is 9.59 Å². The van der Waals surface area contributed by atoms with Crippen LogP contribution in [0, 0.1) is 0 Å². The maximum Gasteiger partial charge on any atom is 0.252 e. The van der Waals surface area contributed by atoms with E-state index in [0.29, 0.717) is 17.4 Å². The second-order valence-corrected chi connectivity index (χ2v) is 6.55. The van der Waals surface area contributed by atoms with Gasteiger partial charge in [-0.1, -0.05) is 25.0 Å². The molecule has 0 unspecified atom stereocenters. The second-order valence-electron chi connectivity index (χ2n) is 5.53. The van der Waals surface area contributed by atoms with Crippen molar-refractivity contribution >= 4 is 23.6 Å². The van der Waals surface area contributed by atoms with Crippen LogP contribution in [-0.2, 0) is 4.79 Å². The van der Waals surface area contributed by atoms with E-state index in [1.807, 2.05) is 24.3 Å². The molecule has 2 rings (SSSR count). The van der Waals surface area contributed by atoms with Crippen molar-refractivity contribution in [3.63, 3.8) is 0 Å². The molecule has 4 nitrogen and oxygen atoms in total. The molecule has 0 spiro atoms. The highest BCUT2D eigenvalue weighted by Gasteiger charge is 2.19. The first kappa shape index (κ1) is 15.9.